The second-order valence-electron chi connectivity index (χ2n) is 7.56. The normalized spacial score (nSPS) is 10.8. The fourth-order valence-electron chi connectivity index (χ4n) is 3.27. The molecule has 0 aliphatic carbocycles. The molecule has 2 aromatic heterocycles. The highest BCUT2D eigenvalue weighted by Gasteiger charge is 2.20. The van der Waals surface area contributed by atoms with Crippen LogP contribution < -0.4 is 16.1 Å². The zero-order valence-corrected chi connectivity index (χ0v) is 19.6. The van der Waals surface area contributed by atoms with Crippen LogP contribution in [-0.4, -0.2) is 39.5 Å². The van der Waals surface area contributed by atoms with Gasteiger partial charge in [-0.15, -0.1) is 10.2 Å². The summed E-state index contributed by atoms with van der Waals surface area (Å²) in [6.45, 7) is 2.25. The van der Waals surface area contributed by atoms with E-state index < -0.39 is 0 Å². The van der Waals surface area contributed by atoms with Crippen LogP contribution in [0.25, 0.3) is 11.4 Å². The minimum atomic E-state index is -0.302. The number of nitrogens with two attached hydrogens (primary N) is 1. The second kappa shape index (κ2) is 10.3. The van der Waals surface area contributed by atoms with E-state index in [9.17, 15) is 9.59 Å². The average molecular weight is 477 g/mol. The average Bonchev–Trinajstić information content (AvgIpc) is 3.51. The summed E-state index contributed by atoms with van der Waals surface area (Å²) in [6, 6.07) is 18.2. The van der Waals surface area contributed by atoms with Crippen molar-refractivity contribution in [3.63, 3.8) is 0 Å². The first-order valence-electron chi connectivity index (χ1n) is 10.5. The van der Waals surface area contributed by atoms with Gasteiger partial charge < -0.3 is 20.5 Å². The molecule has 2 heterocycles. The molecule has 2 aromatic carbocycles. The van der Waals surface area contributed by atoms with Crippen molar-refractivity contribution in [3.8, 4) is 11.4 Å². The van der Waals surface area contributed by atoms with Gasteiger partial charge in [0.25, 0.3) is 5.91 Å². The Balaban J connectivity index is 1.42. The molecule has 3 N–H and O–H groups in total. The summed E-state index contributed by atoms with van der Waals surface area (Å²) in [4.78, 5) is 27.1. The molecular weight excluding hydrogens is 452 g/mol. The molecule has 0 aliphatic heterocycles. The van der Waals surface area contributed by atoms with Crippen molar-refractivity contribution in [2.45, 2.75) is 18.6 Å². The number of anilines is 1. The van der Waals surface area contributed by atoms with Crippen LogP contribution in [-0.2, 0) is 11.3 Å². The third-order valence-electron chi connectivity index (χ3n) is 5.19. The lowest BCUT2D eigenvalue weighted by atomic mass is 10.1. The largest absolute Gasteiger partial charge is 0.467 e. The number of aromatic nitrogens is 3. The Labute approximate surface area is 200 Å². The molecule has 9 nitrogen and oxygen atoms in total. The number of benzene rings is 2. The lowest BCUT2D eigenvalue weighted by molar-refractivity contribution is -0.115. The summed E-state index contributed by atoms with van der Waals surface area (Å²) in [5.41, 5.74) is 2.86. The van der Waals surface area contributed by atoms with Gasteiger partial charge in [-0.2, -0.15) is 0 Å². The third kappa shape index (κ3) is 5.12. The number of hydrogen-bond acceptors (Lipinski definition) is 7. The molecule has 2 amide bonds. The lowest BCUT2D eigenvalue weighted by Gasteiger charge is -2.20. The third-order valence-corrected chi connectivity index (χ3v) is 6.11. The van der Waals surface area contributed by atoms with Gasteiger partial charge in [0.05, 0.1) is 29.8 Å². The number of hydrogen-bond donors (Lipinski definition) is 2. The minimum Gasteiger partial charge on any atom is -0.467 e. The maximum Gasteiger partial charge on any atom is 0.253 e. The van der Waals surface area contributed by atoms with Crippen LogP contribution in [0.3, 0.4) is 0 Å². The molecule has 34 heavy (non-hydrogen) atoms. The first-order valence-corrected chi connectivity index (χ1v) is 11.5. The van der Waals surface area contributed by atoms with Gasteiger partial charge in [-0.25, -0.2) is 4.68 Å². The Morgan fingerprint density at radius 3 is 2.59 bits per heavy atom. The molecule has 174 valence electrons. The van der Waals surface area contributed by atoms with Crippen molar-refractivity contribution in [1.82, 2.24) is 20.2 Å². The van der Waals surface area contributed by atoms with Crippen molar-refractivity contribution in [2.24, 2.45) is 0 Å². The molecule has 10 heteroatoms. The first kappa shape index (κ1) is 23.1. The maximum atomic E-state index is 12.9. The van der Waals surface area contributed by atoms with E-state index in [4.69, 9.17) is 10.3 Å². The van der Waals surface area contributed by atoms with Crippen LogP contribution in [0.2, 0.25) is 0 Å². The number of rotatable bonds is 8. The molecule has 0 aliphatic rings. The van der Waals surface area contributed by atoms with Crippen molar-refractivity contribution in [1.29, 1.82) is 0 Å². The van der Waals surface area contributed by atoms with E-state index in [1.165, 1.54) is 21.3 Å². The Kier molecular flexibility index (Phi) is 6.98. The first-order chi connectivity index (χ1) is 16.4. The quantitative estimate of drug-likeness (QED) is 0.296. The Morgan fingerprint density at radius 1 is 1.09 bits per heavy atom. The van der Waals surface area contributed by atoms with Gasteiger partial charge in [-0.3, -0.25) is 9.59 Å². The van der Waals surface area contributed by atoms with E-state index in [2.05, 4.69) is 15.5 Å². The molecule has 4 aromatic rings. The van der Waals surface area contributed by atoms with Crippen LogP contribution in [0.5, 0.6) is 0 Å². The van der Waals surface area contributed by atoms with E-state index in [-0.39, 0.29) is 24.1 Å². The molecule has 0 fully saturated rings. The Hall–Kier alpha value is -4.05. The number of carbonyl (C=O) groups excluding carboxylic acids is 2. The van der Waals surface area contributed by atoms with Gasteiger partial charge >= 0.3 is 0 Å². The number of nitrogen functional groups attached to an aromatic ring is 1. The van der Waals surface area contributed by atoms with E-state index in [0.717, 1.165) is 11.1 Å². The zero-order valence-electron chi connectivity index (χ0n) is 18.8. The monoisotopic (exact) mass is 476 g/mol. The van der Waals surface area contributed by atoms with E-state index in [1.807, 2.05) is 31.2 Å². The lowest BCUT2D eigenvalue weighted by Crippen LogP contribution is -2.31. The van der Waals surface area contributed by atoms with E-state index in [1.54, 1.807) is 49.7 Å². The molecule has 4 rings (SSSR count). The predicted molar refractivity (Wildman–Crippen MR) is 131 cm³/mol. The smallest absolute Gasteiger partial charge is 0.253 e. The summed E-state index contributed by atoms with van der Waals surface area (Å²) >= 11 is 1.18. The van der Waals surface area contributed by atoms with Crippen molar-refractivity contribution in [2.75, 3.05) is 23.5 Å². The van der Waals surface area contributed by atoms with Crippen LogP contribution in [0.1, 0.15) is 21.7 Å². The van der Waals surface area contributed by atoms with Crippen LogP contribution in [0.4, 0.5) is 5.69 Å². The fourth-order valence-corrected chi connectivity index (χ4v) is 4.04. The number of thioether (sulfide) groups is 1. The van der Waals surface area contributed by atoms with Crippen LogP contribution >= 0.6 is 11.8 Å². The Morgan fingerprint density at radius 2 is 1.85 bits per heavy atom. The number of nitrogens with one attached hydrogen (secondary N) is 1. The molecule has 0 spiro atoms. The second-order valence-corrected chi connectivity index (χ2v) is 8.51. The SMILES string of the molecule is Cc1ccc(-c2nnc(SCC(=O)N(C)c3ccccc3C(=O)NCc3ccco3)n2N)cc1. The zero-order chi connectivity index (χ0) is 24.1. The molecule has 0 atom stereocenters. The summed E-state index contributed by atoms with van der Waals surface area (Å²) in [7, 11) is 1.63. The van der Waals surface area contributed by atoms with Gasteiger partial charge in [-0.1, -0.05) is 53.7 Å². The number of furan rings is 1. The Bertz CT molecular complexity index is 1280. The maximum absolute atomic E-state index is 12.9. The fraction of sp³-hybridized carbons (Fsp3) is 0.167. The standard InChI is InChI=1S/C24H24N6O3S/c1-16-9-11-17(12-10-16)22-27-28-24(30(22)25)34-15-21(31)29(2)20-8-4-3-7-19(20)23(32)26-14-18-6-5-13-33-18/h3-13H,14-15,25H2,1-2H3,(H,26,32). The molecule has 0 saturated heterocycles. The highest BCUT2D eigenvalue weighted by molar-refractivity contribution is 7.99. The van der Waals surface area contributed by atoms with Crippen LogP contribution in [0.15, 0.2) is 76.5 Å². The van der Waals surface area contributed by atoms with E-state index in [0.29, 0.717) is 28.0 Å². The number of aryl methyl sites for hydroxylation is 1. The molecule has 0 unspecified atom stereocenters. The van der Waals surface area contributed by atoms with Gasteiger partial charge in [0.2, 0.25) is 11.1 Å². The van der Waals surface area contributed by atoms with Crippen LogP contribution in [0, 0.1) is 6.92 Å². The van der Waals surface area contributed by atoms with Gasteiger partial charge in [0, 0.05) is 12.6 Å². The van der Waals surface area contributed by atoms with Crippen molar-refractivity contribution < 1.29 is 14.0 Å². The van der Waals surface area contributed by atoms with Crippen molar-refractivity contribution >= 4 is 29.3 Å². The summed E-state index contributed by atoms with van der Waals surface area (Å²) in [5, 5.41) is 11.5. The van der Waals surface area contributed by atoms with Gasteiger partial charge in [0.15, 0.2) is 5.82 Å². The number of amides is 2. The summed E-state index contributed by atoms with van der Waals surface area (Å²) in [5.74, 6) is 6.88. The molecular formula is C24H24N6O3S. The topological polar surface area (TPSA) is 119 Å². The summed E-state index contributed by atoms with van der Waals surface area (Å²) < 4.78 is 6.62. The number of carbonyl (C=O) groups is 2. The van der Waals surface area contributed by atoms with E-state index >= 15 is 0 Å². The highest BCUT2D eigenvalue weighted by Crippen LogP contribution is 2.24. The molecule has 0 saturated carbocycles. The van der Waals surface area contributed by atoms with Crippen molar-refractivity contribution in [3.05, 3.63) is 83.8 Å². The number of para-hydroxylation sites is 1. The minimum absolute atomic E-state index is 0.0715. The summed E-state index contributed by atoms with van der Waals surface area (Å²) in [6.07, 6.45) is 1.55. The number of nitrogens with zero attached hydrogens (tertiary/aromatic N) is 4. The molecule has 0 radical (unpaired) electrons. The van der Waals surface area contributed by atoms with Gasteiger partial charge in [-0.05, 0) is 31.2 Å². The predicted octanol–water partition coefficient (Wildman–Crippen LogP) is 3.25. The highest BCUT2D eigenvalue weighted by atomic mass is 32.2. The molecule has 0 bridgehead atoms. The van der Waals surface area contributed by atoms with Gasteiger partial charge in [0.1, 0.15) is 5.76 Å².